The van der Waals surface area contributed by atoms with Gasteiger partial charge in [0.2, 0.25) is 5.91 Å². The zero-order chi connectivity index (χ0) is 17.6. The van der Waals surface area contributed by atoms with Gasteiger partial charge in [-0.05, 0) is 17.0 Å². The van der Waals surface area contributed by atoms with Gasteiger partial charge in [0.1, 0.15) is 0 Å². The summed E-state index contributed by atoms with van der Waals surface area (Å²) in [5, 5.41) is 9.01. The molecule has 2 heterocycles. The van der Waals surface area contributed by atoms with Crippen LogP contribution in [0.15, 0.2) is 57.8 Å². The van der Waals surface area contributed by atoms with Gasteiger partial charge in [-0.1, -0.05) is 48.2 Å². The van der Waals surface area contributed by atoms with Crippen molar-refractivity contribution in [1.82, 2.24) is 19.7 Å². The summed E-state index contributed by atoms with van der Waals surface area (Å²) in [6.07, 6.45) is 0. The maximum absolute atomic E-state index is 12.3. The number of thiophene rings is 1. The van der Waals surface area contributed by atoms with Crippen LogP contribution in [0.5, 0.6) is 0 Å². The number of H-pyrrole nitrogens is 1. The van der Waals surface area contributed by atoms with Crippen molar-refractivity contribution in [1.29, 1.82) is 0 Å². The van der Waals surface area contributed by atoms with Crippen molar-refractivity contribution in [2.24, 2.45) is 0 Å². The van der Waals surface area contributed by atoms with Crippen LogP contribution in [0.4, 0.5) is 0 Å². The van der Waals surface area contributed by atoms with E-state index in [-0.39, 0.29) is 17.3 Å². The van der Waals surface area contributed by atoms with Crippen molar-refractivity contribution in [3.05, 3.63) is 68.8 Å². The van der Waals surface area contributed by atoms with Crippen molar-refractivity contribution in [2.75, 3.05) is 12.8 Å². The highest BCUT2D eigenvalue weighted by Gasteiger charge is 2.14. The first kappa shape index (κ1) is 17.5. The summed E-state index contributed by atoms with van der Waals surface area (Å²) < 4.78 is 1.55. The number of hydrogen-bond donors (Lipinski definition) is 1. The van der Waals surface area contributed by atoms with E-state index >= 15 is 0 Å². The summed E-state index contributed by atoms with van der Waals surface area (Å²) in [6, 6.07) is 13.7. The Hall–Kier alpha value is -2.32. The Balaban J connectivity index is 1.61. The molecule has 1 amide bonds. The van der Waals surface area contributed by atoms with Gasteiger partial charge in [0.15, 0.2) is 5.16 Å². The molecule has 130 valence electrons. The Morgan fingerprint density at radius 2 is 2.08 bits per heavy atom. The monoisotopic (exact) mass is 374 g/mol. The molecule has 0 bridgehead atoms. The largest absolute Gasteiger partial charge is 0.344 e. The van der Waals surface area contributed by atoms with E-state index in [0.29, 0.717) is 18.2 Å². The zero-order valence-corrected chi connectivity index (χ0v) is 15.3. The normalized spacial score (nSPS) is 10.8. The number of rotatable bonds is 7. The molecule has 0 radical (unpaired) electrons. The van der Waals surface area contributed by atoms with Crippen molar-refractivity contribution in [3.63, 3.8) is 0 Å². The Kier molecular flexibility index (Phi) is 5.72. The average molecular weight is 374 g/mol. The van der Waals surface area contributed by atoms with E-state index in [4.69, 9.17) is 0 Å². The molecular weight excluding hydrogens is 356 g/mol. The van der Waals surface area contributed by atoms with Gasteiger partial charge in [0.25, 0.3) is 0 Å². The minimum atomic E-state index is -0.272. The quantitative estimate of drug-likeness (QED) is 0.645. The number of aromatic amines is 1. The number of carbonyl (C=O) groups is 1. The van der Waals surface area contributed by atoms with E-state index in [1.54, 1.807) is 27.9 Å². The van der Waals surface area contributed by atoms with Gasteiger partial charge in [-0.2, -0.15) is 0 Å². The second kappa shape index (κ2) is 8.17. The fourth-order valence-electron chi connectivity index (χ4n) is 2.28. The molecule has 1 N–H and O–H groups in total. The number of nitrogens with one attached hydrogen (secondary N) is 1. The molecule has 8 heteroatoms. The van der Waals surface area contributed by atoms with E-state index in [9.17, 15) is 9.59 Å². The standard InChI is InChI=1S/C17H18N4O2S2/c1-20(11-14-8-5-9-24-14)15(22)12-25-17-19-18-16(23)21(17)10-13-6-3-2-4-7-13/h2-9H,10-12H2,1H3,(H,18,23). The number of nitrogens with zero attached hydrogens (tertiary/aromatic N) is 3. The number of thioether (sulfide) groups is 1. The fourth-order valence-corrected chi connectivity index (χ4v) is 3.92. The highest BCUT2D eigenvalue weighted by Crippen LogP contribution is 2.17. The van der Waals surface area contributed by atoms with Crippen LogP contribution in [-0.2, 0) is 17.9 Å². The summed E-state index contributed by atoms with van der Waals surface area (Å²) in [4.78, 5) is 27.1. The molecule has 25 heavy (non-hydrogen) atoms. The molecule has 6 nitrogen and oxygen atoms in total. The first-order chi connectivity index (χ1) is 12.1. The molecule has 0 fully saturated rings. The van der Waals surface area contributed by atoms with Crippen molar-refractivity contribution < 1.29 is 4.79 Å². The second-order valence-corrected chi connectivity index (χ2v) is 7.48. The molecule has 0 aliphatic heterocycles. The molecule has 0 aliphatic carbocycles. The van der Waals surface area contributed by atoms with E-state index in [1.807, 2.05) is 47.8 Å². The van der Waals surface area contributed by atoms with E-state index in [0.717, 1.165) is 10.4 Å². The van der Waals surface area contributed by atoms with Crippen molar-refractivity contribution >= 4 is 29.0 Å². The lowest BCUT2D eigenvalue weighted by Crippen LogP contribution is -2.27. The third-order valence-corrected chi connectivity index (χ3v) is 5.45. The molecule has 1 aromatic carbocycles. The molecule has 3 rings (SSSR count). The molecule has 3 aromatic rings. The lowest BCUT2D eigenvalue weighted by atomic mass is 10.2. The predicted octanol–water partition coefficient (Wildman–Crippen LogP) is 2.43. The minimum Gasteiger partial charge on any atom is -0.340 e. The third-order valence-electron chi connectivity index (χ3n) is 3.63. The minimum absolute atomic E-state index is 0.000102. The molecule has 0 unspecified atom stereocenters. The van der Waals surface area contributed by atoms with Crippen molar-refractivity contribution in [3.8, 4) is 0 Å². The Morgan fingerprint density at radius 3 is 2.80 bits per heavy atom. The van der Waals surface area contributed by atoms with Crippen molar-refractivity contribution in [2.45, 2.75) is 18.2 Å². The van der Waals surface area contributed by atoms with Gasteiger partial charge in [-0.25, -0.2) is 9.89 Å². The SMILES string of the molecule is CN(Cc1cccs1)C(=O)CSc1n[nH]c(=O)n1Cc1ccccc1. The molecule has 0 spiro atoms. The van der Waals surface area contributed by atoms with Gasteiger partial charge < -0.3 is 4.90 Å². The Labute approximate surface area is 153 Å². The second-order valence-electron chi connectivity index (χ2n) is 5.50. The molecule has 0 saturated carbocycles. The number of aromatic nitrogens is 3. The highest BCUT2D eigenvalue weighted by molar-refractivity contribution is 7.99. The highest BCUT2D eigenvalue weighted by atomic mass is 32.2. The van der Waals surface area contributed by atoms with Gasteiger partial charge in [0, 0.05) is 11.9 Å². The van der Waals surface area contributed by atoms with Gasteiger partial charge in [-0.15, -0.1) is 16.4 Å². The lowest BCUT2D eigenvalue weighted by molar-refractivity contribution is -0.127. The third kappa shape index (κ3) is 4.61. The summed E-state index contributed by atoms with van der Waals surface area (Å²) in [5.41, 5.74) is 0.736. The zero-order valence-electron chi connectivity index (χ0n) is 13.7. The first-order valence-corrected chi connectivity index (χ1v) is 9.58. The maximum atomic E-state index is 12.3. The van der Waals surface area contributed by atoms with E-state index in [1.165, 1.54) is 11.8 Å². The van der Waals surface area contributed by atoms with Crippen LogP contribution in [-0.4, -0.2) is 38.4 Å². The predicted molar refractivity (Wildman–Crippen MR) is 99.9 cm³/mol. The van der Waals surface area contributed by atoms with Gasteiger partial charge in [-0.3, -0.25) is 9.36 Å². The summed E-state index contributed by atoms with van der Waals surface area (Å²) in [5.74, 6) is 0.237. The summed E-state index contributed by atoms with van der Waals surface area (Å²) >= 11 is 2.90. The first-order valence-electron chi connectivity index (χ1n) is 7.72. The number of benzene rings is 1. The van der Waals surface area contributed by atoms with Gasteiger partial charge >= 0.3 is 5.69 Å². The number of amides is 1. The van der Waals surface area contributed by atoms with Gasteiger partial charge in [0.05, 0.1) is 18.8 Å². The van der Waals surface area contributed by atoms with Crippen LogP contribution in [0.25, 0.3) is 0 Å². The topological polar surface area (TPSA) is 71.0 Å². The lowest BCUT2D eigenvalue weighted by Gasteiger charge is -2.15. The van der Waals surface area contributed by atoms with Crippen LogP contribution >= 0.6 is 23.1 Å². The van der Waals surface area contributed by atoms with Crippen LogP contribution in [0.3, 0.4) is 0 Å². The summed E-state index contributed by atoms with van der Waals surface area (Å²) in [6.45, 7) is 1.02. The number of hydrogen-bond acceptors (Lipinski definition) is 5. The molecule has 0 saturated heterocycles. The molecule has 0 aliphatic rings. The average Bonchev–Trinajstić information content (AvgIpc) is 3.25. The molecular formula is C17H18N4O2S2. The maximum Gasteiger partial charge on any atom is 0.344 e. The van der Waals surface area contributed by atoms with Crippen LogP contribution < -0.4 is 5.69 Å². The fraction of sp³-hybridized carbons (Fsp3) is 0.235. The van der Waals surface area contributed by atoms with Crippen LogP contribution in [0.2, 0.25) is 0 Å². The van der Waals surface area contributed by atoms with E-state index < -0.39 is 0 Å². The molecule has 2 aromatic heterocycles. The Morgan fingerprint density at radius 1 is 1.28 bits per heavy atom. The van der Waals surface area contributed by atoms with Crippen LogP contribution in [0, 0.1) is 0 Å². The Bertz CT molecular complexity index is 872. The smallest absolute Gasteiger partial charge is 0.340 e. The molecule has 0 atom stereocenters. The van der Waals surface area contributed by atoms with E-state index in [2.05, 4.69) is 10.2 Å². The number of carbonyl (C=O) groups excluding carboxylic acids is 1. The summed E-state index contributed by atoms with van der Waals surface area (Å²) in [7, 11) is 1.78. The van der Waals surface area contributed by atoms with Crippen LogP contribution in [0.1, 0.15) is 10.4 Å².